The zero-order valence-corrected chi connectivity index (χ0v) is 13.7. The highest BCUT2D eigenvalue weighted by Gasteiger charge is 2.30. The van der Waals surface area contributed by atoms with Gasteiger partial charge in [-0.2, -0.15) is 23.5 Å². The molecule has 1 saturated heterocycles. The number of thioether (sulfide) groups is 2. The molecule has 4 heteroatoms. The van der Waals surface area contributed by atoms with Crippen molar-refractivity contribution in [3.63, 3.8) is 0 Å². The Labute approximate surface area is 130 Å². The number of hydrogen-bond donors (Lipinski definition) is 2. The molecule has 2 nitrogen and oxygen atoms in total. The number of fused-ring (bicyclic) bond motifs is 1. The van der Waals surface area contributed by atoms with Gasteiger partial charge in [0.2, 0.25) is 0 Å². The fourth-order valence-electron chi connectivity index (χ4n) is 3.37. The summed E-state index contributed by atoms with van der Waals surface area (Å²) in [7, 11) is 0. The molecule has 3 unspecified atom stereocenters. The molecule has 3 N–H and O–H groups in total. The zero-order valence-electron chi connectivity index (χ0n) is 12.1. The molecule has 0 amide bonds. The molecule has 1 aromatic carbocycles. The van der Waals surface area contributed by atoms with Crippen molar-refractivity contribution in [3.05, 3.63) is 34.9 Å². The average Bonchev–Trinajstić information content (AvgIpc) is 2.93. The first-order valence-corrected chi connectivity index (χ1v) is 9.67. The van der Waals surface area contributed by atoms with E-state index >= 15 is 0 Å². The minimum absolute atomic E-state index is 0.377. The fraction of sp³-hybridized carbons (Fsp3) is 0.625. The van der Waals surface area contributed by atoms with Gasteiger partial charge < -0.3 is 0 Å². The third kappa shape index (κ3) is 3.19. The van der Waals surface area contributed by atoms with E-state index in [0.717, 1.165) is 6.42 Å². The van der Waals surface area contributed by atoms with Gasteiger partial charge in [-0.15, -0.1) is 0 Å². The van der Waals surface area contributed by atoms with Crippen molar-refractivity contribution in [1.29, 1.82) is 0 Å². The van der Waals surface area contributed by atoms with E-state index < -0.39 is 0 Å². The average molecular weight is 309 g/mol. The molecule has 0 aromatic heterocycles. The maximum atomic E-state index is 5.85. The van der Waals surface area contributed by atoms with Crippen LogP contribution in [0, 0.1) is 0 Å². The molecule has 1 aliphatic carbocycles. The normalized spacial score (nSPS) is 27.3. The highest BCUT2D eigenvalue weighted by molar-refractivity contribution is 8.07. The molecule has 110 valence electrons. The monoisotopic (exact) mass is 308 g/mol. The topological polar surface area (TPSA) is 38.0 Å². The van der Waals surface area contributed by atoms with E-state index in [1.807, 2.05) is 0 Å². The third-order valence-corrected chi connectivity index (χ3v) is 7.72. The van der Waals surface area contributed by atoms with E-state index in [4.69, 9.17) is 5.84 Å². The predicted molar refractivity (Wildman–Crippen MR) is 91.4 cm³/mol. The Morgan fingerprint density at radius 3 is 2.85 bits per heavy atom. The van der Waals surface area contributed by atoms with Crippen LogP contribution >= 0.6 is 23.5 Å². The summed E-state index contributed by atoms with van der Waals surface area (Å²) in [6, 6.07) is 7.43. The molecule has 2 aliphatic rings. The summed E-state index contributed by atoms with van der Waals surface area (Å²) in [6.07, 6.45) is 4.89. The van der Waals surface area contributed by atoms with Crippen LogP contribution in [-0.4, -0.2) is 28.0 Å². The number of hydrazine groups is 1. The van der Waals surface area contributed by atoms with Crippen LogP contribution in [-0.2, 0) is 19.3 Å². The van der Waals surface area contributed by atoms with Crippen LogP contribution in [0.25, 0.3) is 0 Å². The van der Waals surface area contributed by atoms with Gasteiger partial charge in [-0.25, -0.2) is 0 Å². The molecule has 0 bridgehead atoms. The lowest BCUT2D eigenvalue weighted by Gasteiger charge is -2.34. The second kappa shape index (κ2) is 6.73. The van der Waals surface area contributed by atoms with E-state index in [1.54, 1.807) is 11.1 Å². The number of nitrogens with one attached hydrogen (secondary N) is 1. The number of rotatable bonds is 4. The van der Waals surface area contributed by atoms with Crippen molar-refractivity contribution in [1.82, 2.24) is 5.43 Å². The summed E-state index contributed by atoms with van der Waals surface area (Å²) >= 11 is 4.17. The minimum Gasteiger partial charge on any atom is -0.271 e. The molecule has 1 heterocycles. The van der Waals surface area contributed by atoms with Crippen LogP contribution in [0.2, 0.25) is 0 Å². The third-order valence-electron chi connectivity index (χ3n) is 4.47. The van der Waals surface area contributed by atoms with Crippen LogP contribution in [0.1, 0.15) is 30.0 Å². The molecule has 1 fully saturated rings. The molecule has 1 aliphatic heterocycles. The number of benzene rings is 1. The molecule has 1 aromatic rings. The number of hydrogen-bond acceptors (Lipinski definition) is 4. The molecular weight excluding hydrogens is 284 g/mol. The van der Waals surface area contributed by atoms with Gasteiger partial charge in [0.15, 0.2) is 0 Å². The Morgan fingerprint density at radius 1 is 1.25 bits per heavy atom. The van der Waals surface area contributed by atoms with Gasteiger partial charge in [0, 0.05) is 28.0 Å². The number of nitrogens with two attached hydrogens (primary N) is 1. The molecule has 0 saturated carbocycles. The summed E-state index contributed by atoms with van der Waals surface area (Å²) in [4.78, 5) is 0. The van der Waals surface area contributed by atoms with Crippen molar-refractivity contribution < 1.29 is 0 Å². The minimum atomic E-state index is 0.377. The lowest BCUT2D eigenvalue weighted by Crippen LogP contribution is -2.48. The maximum Gasteiger partial charge on any atom is 0.0380 e. The fourth-order valence-corrected chi connectivity index (χ4v) is 6.31. The standard InChI is InChI=1S/C16H24N2S2/c1-11-16(20-8-7-19-11)15(18-17)10-12-5-6-13-3-2-4-14(13)9-12/h5-6,9,11,15-16,18H,2-4,7-8,10,17H2,1H3. The summed E-state index contributed by atoms with van der Waals surface area (Å²) in [5.41, 5.74) is 7.65. The summed E-state index contributed by atoms with van der Waals surface area (Å²) in [5.74, 6) is 8.38. The first-order valence-electron chi connectivity index (χ1n) is 7.58. The van der Waals surface area contributed by atoms with Gasteiger partial charge in [-0.05, 0) is 42.4 Å². The first kappa shape index (κ1) is 14.8. The van der Waals surface area contributed by atoms with Crippen LogP contribution in [0.4, 0.5) is 0 Å². The Hall–Kier alpha value is -0.160. The van der Waals surface area contributed by atoms with Crippen molar-refractivity contribution >= 4 is 23.5 Å². The molecule has 3 rings (SSSR count). The Balaban J connectivity index is 1.71. The highest BCUT2D eigenvalue weighted by atomic mass is 32.2. The van der Waals surface area contributed by atoms with Crippen LogP contribution in [0.5, 0.6) is 0 Å². The van der Waals surface area contributed by atoms with Crippen LogP contribution < -0.4 is 11.3 Å². The van der Waals surface area contributed by atoms with Gasteiger partial charge in [0.25, 0.3) is 0 Å². The van der Waals surface area contributed by atoms with Crippen molar-refractivity contribution in [2.24, 2.45) is 5.84 Å². The van der Waals surface area contributed by atoms with Gasteiger partial charge in [0.1, 0.15) is 0 Å². The van der Waals surface area contributed by atoms with Gasteiger partial charge in [0.05, 0.1) is 0 Å². The van der Waals surface area contributed by atoms with Crippen LogP contribution in [0.15, 0.2) is 18.2 Å². The number of aryl methyl sites for hydroxylation is 2. The molecule has 20 heavy (non-hydrogen) atoms. The van der Waals surface area contributed by atoms with E-state index in [1.165, 1.54) is 36.3 Å². The second-order valence-corrected chi connectivity index (χ2v) is 8.62. The highest BCUT2D eigenvalue weighted by Crippen LogP contribution is 2.34. The lowest BCUT2D eigenvalue weighted by atomic mass is 9.98. The molecule has 0 spiro atoms. The summed E-state index contributed by atoms with van der Waals surface area (Å²) in [6.45, 7) is 2.34. The van der Waals surface area contributed by atoms with E-state index in [0.29, 0.717) is 16.5 Å². The van der Waals surface area contributed by atoms with E-state index in [-0.39, 0.29) is 0 Å². The quantitative estimate of drug-likeness (QED) is 0.662. The first-order chi connectivity index (χ1) is 9.78. The van der Waals surface area contributed by atoms with Crippen molar-refractivity contribution in [3.8, 4) is 0 Å². The van der Waals surface area contributed by atoms with Crippen molar-refractivity contribution in [2.75, 3.05) is 11.5 Å². The Kier molecular flexibility index (Phi) is 4.97. The molecular formula is C16H24N2S2. The van der Waals surface area contributed by atoms with Gasteiger partial charge in [-0.1, -0.05) is 25.1 Å². The second-order valence-electron chi connectivity index (χ2n) is 5.85. The Morgan fingerprint density at radius 2 is 2.05 bits per heavy atom. The maximum absolute atomic E-state index is 5.85. The SMILES string of the molecule is CC1SCCSC1C(Cc1ccc2c(c1)CCC2)NN. The smallest absolute Gasteiger partial charge is 0.0380 e. The summed E-state index contributed by atoms with van der Waals surface area (Å²) < 4.78 is 0. The van der Waals surface area contributed by atoms with Gasteiger partial charge in [-0.3, -0.25) is 11.3 Å². The molecule has 3 atom stereocenters. The molecule has 0 radical (unpaired) electrons. The van der Waals surface area contributed by atoms with Crippen LogP contribution in [0.3, 0.4) is 0 Å². The Bertz CT molecular complexity index is 464. The van der Waals surface area contributed by atoms with E-state index in [9.17, 15) is 0 Å². The van der Waals surface area contributed by atoms with E-state index in [2.05, 4.69) is 54.1 Å². The van der Waals surface area contributed by atoms with Gasteiger partial charge >= 0.3 is 0 Å². The largest absolute Gasteiger partial charge is 0.271 e. The lowest BCUT2D eigenvalue weighted by molar-refractivity contribution is 0.501. The van der Waals surface area contributed by atoms with Crippen molar-refractivity contribution in [2.45, 2.75) is 49.1 Å². The predicted octanol–water partition coefficient (Wildman–Crippen LogP) is 2.79. The summed E-state index contributed by atoms with van der Waals surface area (Å²) in [5, 5.41) is 1.30. The zero-order chi connectivity index (χ0) is 13.9.